The average molecular weight is 373 g/mol. The lowest BCUT2D eigenvalue weighted by Gasteiger charge is -2.35. The first-order valence-corrected chi connectivity index (χ1v) is 11.0. The van der Waals surface area contributed by atoms with Crippen LogP contribution >= 0.6 is 0 Å². The minimum absolute atomic E-state index is 0.286. The highest BCUT2D eigenvalue weighted by molar-refractivity contribution is 5.88. The zero-order chi connectivity index (χ0) is 19.0. The predicted molar refractivity (Wildman–Crippen MR) is 119 cm³/mol. The molecule has 0 heterocycles. The highest BCUT2D eigenvalue weighted by Gasteiger charge is 2.71. The molecule has 1 fully saturated rings. The molecule has 7 rings (SSSR count). The van der Waals surface area contributed by atoms with E-state index in [0.29, 0.717) is 17.8 Å². The van der Waals surface area contributed by atoms with Gasteiger partial charge in [-0.25, -0.2) is 0 Å². The van der Waals surface area contributed by atoms with Crippen molar-refractivity contribution in [1.82, 2.24) is 0 Å². The second kappa shape index (κ2) is 5.60. The van der Waals surface area contributed by atoms with E-state index >= 15 is 0 Å². The fourth-order valence-electron chi connectivity index (χ4n) is 7.15. The van der Waals surface area contributed by atoms with Crippen LogP contribution in [0.3, 0.4) is 0 Å². The largest absolute Gasteiger partial charge is 0.0620 e. The average Bonchev–Trinajstić information content (AvgIpc) is 3.47. The van der Waals surface area contributed by atoms with Crippen LogP contribution in [0.4, 0.5) is 0 Å². The Bertz CT molecular complexity index is 1250. The maximum Gasteiger partial charge on any atom is 0.0103 e. The van der Waals surface area contributed by atoms with Crippen LogP contribution < -0.4 is 0 Å². The van der Waals surface area contributed by atoms with E-state index in [9.17, 15) is 0 Å². The van der Waals surface area contributed by atoms with Crippen molar-refractivity contribution in [2.24, 2.45) is 11.8 Å². The molecule has 4 aromatic carbocycles. The fourth-order valence-corrected chi connectivity index (χ4v) is 7.15. The molecule has 0 spiro atoms. The molecule has 0 radical (unpaired) electrons. The predicted octanol–water partition coefficient (Wildman–Crippen LogP) is 6.46. The minimum atomic E-state index is 0.286. The minimum Gasteiger partial charge on any atom is -0.0620 e. The van der Waals surface area contributed by atoms with Crippen LogP contribution in [0.2, 0.25) is 0 Å². The van der Waals surface area contributed by atoms with Crippen molar-refractivity contribution in [2.45, 2.75) is 30.6 Å². The Labute approximate surface area is 172 Å². The molecular formula is C29H24. The molecule has 0 saturated heterocycles. The summed E-state index contributed by atoms with van der Waals surface area (Å²) in [5, 5.41) is 2.86. The molecule has 0 N–H and O–H groups in total. The van der Waals surface area contributed by atoms with Gasteiger partial charge in [0, 0.05) is 5.41 Å². The Morgan fingerprint density at radius 3 is 2.14 bits per heavy atom. The van der Waals surface area contributed by atoms with Gasteiger partial charge >= 0.3 is 0 Å². The van der Waals surface area contributed by atoms with E-state index in [-0.39, 0.29) is 5.41 Å². The van der Waals surface area contributed by atoms with Gasteiger partial charge in [0.1, 0.15) is 0 Å². The monoisotopic (exact) mass is 372 g/mol. The lowest BCUT2D eigenvalue weighted by Crippen LogP contribution is -2.31. The summed E-state index contributed by atoms with van der Waals surface area (Å²) < 4.78 is 0. The smallest absolute Gasteiger partial charge is 0.0103 e. The SMILES string of the molecule is c1ccc2c(c1)CC1C3c4ccccc4C[C@@H](C2)[C@@]13c1cccc2ccccc12. The van der Waals surface area contributed by atoms with Gasteiger partial charge in [0.15, 0.2) is 0 Å². The van der Waals surface area contributed by atoms with Crippen molar-refractivity contribution in [1.29, 1.82) is 0 Å². The first-order valence-electron chi connectivity index (χ1n) is 11.0. The number of hydrogen-bond donors (Lipinski definition) is 0. The quantitative estimate of drug-likeness (QED) is 0.359. The maximum absolute atomic E-state index is 2.45. The topological polar surface area (TPSA) is 0 Å². The molecular weight excluding hydrogens is 348 g/mol. The van der Waals surface area contributed by atoms with E-state index in [0.717, 1.165) is 0 Å². The summed E-state index contributed by atoms with van der Waals surface area (Å²) in [7, 11) is 0. The molecule has 3 aliphatic rings. The molecule has 0 aromatic heterocycles. The molecule has 0 aliphatic heterocycles. The summed E-state index contributed by atoms with van der Waals surface area (Å²) in [6.07, 6.45) is 3.64. The Kier molecular flexibility index (Phi) is 3.09. The summed E-state index contributed by atoms with van der Waals surface area (Å²) in [6.45, 7) is 0. The molecule has 4 atom stereocenters. The van der Waals surface area contributed by atoms with Gasteiger partial charge in [0.05, 0.1) is 0 Å². The molecule has 4 aromatic rings. The van der Waals surface area contributed by atoms with Gasteiger partial charge in [-0.15, -0.1) is 0 Å². The van der Waals surface area contributed by atoms with Crippen LogP contribution in [0.15, 0.2) is 91.0 Å². The van der Waals surface area contributed by atoms with Crippen LogP contribution in [0, 0.1) is 11.8 Å². The zero-order valence-electron chi connectivity index (χ0n) is 16.5. The van der Waals surface area contributed by atoms with Crippen LogP contribution in [0.5, 0.6) is 0 Å². The normalized spacial score (nSPS) is 28.8. The van der Waals surface area contributed by atoms with Gasteiger partial charge in [-0.1, -0.05) is 91.0 Å². The molecule has 140 valence electrons. The summed E-state index contributed by atoms with van der Waals surface area (Å²) in [4.78, 5) is 0. The third-order valence-corrected chi connectivity index (χ3v) is 8.23. The summed E-state index contributed by atoms with van der Waals surface area (Å²) >= 11 is 0. The standard InChI is InChI=1S/C29H24/c1-2-10-21-18-27-28-25-14-6-4-11-22(25)17-23(16-20(21)9-1)29(27,28)26-15-7-12-19-8-3-5-13-24(19)26/h1-15,23,27-28H,16-18H2/t23-,27?,28?,29-/m1/s1. The Balaban J connectivity index is 1.51. The number of rotatable bonds is 1. The first kappa shape index (κ1) is 16.0. The van der Waals surface area contributed by atoms with Crippen molar-refractivity contribution in [3.63, 3.8) is 0 Å². The molecule has 0 nitrogen and oxygen atoms in total. The number of fused-ring (bicyclic) bond motifs is 5. The second-order valence-electron chi connectivity index (χ2n) is 9.32. The van der Waals surface area contributed by atoms with Crippen LogP contribution in [-0.4, -0.2) is 0 Å². The number of hydrogen-bond acceptors (Lipinski definition) is 0. The second-order valence-corrected chi connectivity index (χ2v) is 9.32. The summed E-state index contributed by atoms with van der Waals surface area (Å²) in [5.74, 6) is 2.06. The molecule has 0 amide bonds. The van der Waals surface area contributed by atoms with Gasteiger partial charge in [-0.05, 0) is 75.6 Å². The van der Waals surface area contributed by atoms with E-state index in [1.165, 1.54) is 30.0 Å². The van der Waals surface area contributed by atoms with Gasteiger partial charge < -0.3 is 0 Å². The fraction of sp³-hybridized carbons (Fsp3) is 0.241. The summed E-state index contributed by atoms with van der Waals surface area (Å²) in [6, 6.07) is 34.6. The lowest BCUT2D eigenvalue weighted by molar-refractivity contribution is 0.362. The van der Waals surface area contributed by atoms with E-state index in [1.807, 2.05) is 0 Å². The molecule has 2 unspecified atom stereocenters. The Hall–Kier alpha value is -2.86. The van der Waals surface area contributed by atoms with Gasteiger partial charge in [-0.2, -0.15) is 0 Å². The molecule has 0 bridgehead atoms. The molecule has 0 heteroatoms. The van der Waals surface area contributed by atoms with Gasteiger partial charge in [0.25, 0.3) is 0 Å². The van der Waals surface area contributed by atoms with Crippen molar-refractivity contribution in [2.75, 3.05) is 0 Å². The number of benzene rings is 4. The third kappa shape index (κ3) is 2.00. The highest BCUT2D eigenvalue weighted by atomic mass is 14.7. The Morgan fingerprint density at radius 2 is 1.24 bits per heavy atom. The van der Waals surface area contributed by atoms with Crippen molar-refractivity contribution < 1.29 is 0 Å². The lowest BCUT2D eigenvalue weighted by atomic mass is 9.68. The van der Waals surface area contributed by atoms with Crippen LogP contribution in [-0.2, 0) is 24.7 Å². The zero-order valence-corrected chi connectivity index (χ0v) is 16.5. The first-order chi connectivity index (χ1) is 14.4. The van der Waals surface area contributed by atoms with Gasteiger partial charge in [-0.3, -0.25) is 0 Å². The molecule has 3 aliphatic carbocycles. The third-order valence-electron chi connectivity index (χ3n) is 8.23. The van der Waals surface area contributed by atoms with Crippen LogP contribution in [0.25, 0.3) is 10.8 Å². The van der Waals surface area contributed by atoms with E-state index in [4.69, 9.17) is 0 Å². The molecule has 1 saturated carbocycles. The van der Waals surface area contributed by atoms with Crippen LogP contribution in [0.1, 0.15) is 33.7 Å². The van der Waals surface area contributed by atoms with Gasteiger partial charge in [0.2, 0.25) is 0 Å². The summed E-state index contributed by atoms with van der Waals surface area (Å²) in [5.41, 5.74) is 8.29. The Morgan fingerprint density at radius 1 is 0.586 bits per heavy atom. The highest BCUT2D eigenvalue weighted by Crippen LogP contribution is 2.75. The molecule has 29 heavy (non-hydrogen) atoms. The van der Waals surface area contributed by atoms with E-state index < -0.39 is 0 Å². The van der Waals surface area contributed by atoms with Crippen molar-refractivity contribution in [3.8, 4) is 0 Å². The van der Waals surface area contributed by atoms with E-state index in [2.05, 4.69) is 91.0 Å². The van der Waals surface area contributed by atoms with Crippen molar-refractivity contribution >= 4 is 10.8 Å². The van der Waals surface area contributed by atoms with E-state index in [1.54, 1.807) is 27.8 Å². The maximum atomic E-state index is 2.45. The van der Waals surface area contributed by atoms with Crippen molar-refractivity contribution in [3.05, 3.63) is 119 Å².